The maximum Gasteiger partial charge on any atom is 0.335 e. The summed E-state index contributed by atoms with van der Waals surface area (Å²) in [5.41, 5.74) is 0.738. The standard InChI is InChI=1S/C17H12O5/c1-2-3-10-13(18)6-5-11-15(19)12-8-9(17(20)21)4-7-14(12)22-16(10)11/h2,4-8,18H,1,3H2,(H,20,21). The highest BCUT2D eigenvalue weighted by atomic mass is 16.4. The minimum Gasteiger partial charge on any atom is -0.508 e. The fraction of sp³-hybridized carbons (Fsp3) is 0.0588. The minimum atomic E-state index is -1.11. The van der Waals surface area contributed by atoms with E-state index in [4.69, 9.17) is 9.52 Å². The highest BCUT2D eigenvalue weighted by Gasteiger charge is 2.15. The lowest BCUT2D eigenvalue weighted by molar-refractivity contribution is 0.0697. The number of phenols is 1. The summed E-state index contributed by atoms with van der Waals surface area (Å²) < 4.78 is 5.73. The lowest BCUT2D eigenvalue weighted by Gasteiger charge is -2.08. The number of hydrogen-bond donors (Lipinski definition) is 2. The van der Waals surface area contributed by atoms with Crippen molar-refractivity contribution in [1.82, 2.24) is 0 Å². The Morgan fingerprint density at radius 2 is 2.00 bits per heavy atom. The lowest BCUT2D eigenvalue weighted by atomic mass is 10.0. The summed E-state index contributed by atoms with van der Waals surface area (Å²) >= 11 is 0. The number of phenolic OH excluding ortho intramolecular Hbond substituents is 1. The molecule has 0 aliphatic carbocycles. The molecule has 2 N–H and O–H groups in total. The zero-order valence-electron chi connectivity index (χ0n) is 11.5. The van der Waals surface area contributed by atoms with E-state index in [-0.39, 0.29) is 27.7 Å². The topological polar surface area (TPSA) is 87.7 Å². The number of carboxylic acid groups (broad SMARTS) is 1. The van der Waals surface area contributed by atoms with Gasteiger partial charge in [0.1, 0.15) is 16.9 Å². The smallest absolute Gasteiger partial charge is 0.335 e. The SMILES string of the molecule is C=CCc1c(O)ccc2c(=O)c3cc(C(=O)O)ccc3oc12. The van der Waals surface area contributed by atoms with Crippen molar-refractivity contribution in [3.63, 3.8) is 0 Å². The molecule has 0 aliphatic heterocycles. The van der Waals surface area contributed by atoms with Gasteiger partial charge in [-0.2, -0.15) is 0 Å². The molecule has 0 atom stereocenters. The van der Waals surface area contributed by atoms with Crippen molar-refractivity contribution in [2.75, 3.05) is 0 Å². The van der Waals surface area contributed by atoms with Gasteiger partial charge < -0.3 is 14.6 Å². The number of carbonyl (C=O) groups is 1. The summed E-state index contributed by atoms with van der Waals surface area (Å²) in [6, 6.07) is 7.00. The number of fused-ring (bicyclic) bond motifs is 2. The van der Waals surface area contributed by atoms with E-state index in [2.05, 4.69) is 6.58 Å². The molecule has 0 saturated heterocycles. The first-order chi connectivity index (χ1) is 10.5. The van der Waals surface area contributed by atoms with Crippen LogP contribution in [0.5, 0.6) is 5.75 Å². The molecule has 5 nitrogen and oxygen atoms in total. The zero-order valence-corrected chi connectivity index (χ0v) is 11.5. The van der Waals surface area contributed by atoms with Crippen molar-refractivity contribution in [2.24, 2.45) is 0 Å². The maximum atomic E-state index is 12.6. The highest BCUT2D eigenvalue weighted by molar-refractivity contribution is 5.96. The van der Waals surface area contributed by atoms with E-state index in [1.54, 1.807) is 6.08 Å². The lowest BCUT2D eigenvalue weighted by Crippen LogP contribution is -2.05. The second-order valence-electron chi connectivity index (χ2n) is 4.88. The summed E-state index contributed by atoms with van der Waals surface area (Å²) in [6.07, 6.45) is 1.96. The summed E-state index contributed by atoms with van der Waals surface area (Å²) in [6.45, 7) is 3.62. The zero-order chi connectivity index (χ0) is 15.9. The molecule has 110 valence electrons. The second-order valence-corrected chi connectivity index (χ2v) is 4.88. The third-order valence-corrected chi connectivity index (χ3v) is 3.51. The summed E-state index contributed by atoms with van der Waals surface area (Å²) in [5.74, 6) is -1.09. The number of allylic oxidation sites excluding steroid dienone is 1. The van der Waals surface area contributed by atoms with Gasteiger partial charge >= 0.3 is 5.97 Å². The molecule has 5 heteroatoms. The molecular formula is C17H12O5. The van der Waals surface area contributed by atoms with Gasteiger partial charge in [-0.3, -0.25) is 4.79 Å². The molecule has 3 rings (SSSR count). The quantitative estimate of drug-likeness (QED) is 0.573. The van der Waals surface area contributed by atoms with Gasteiger partial charge in [-0.15, -0.1) is 6.58 Å². The van der Waals surface area contributed by atoms with Gasteiger partial charge in [0.15, 0.2) is 0 Å². The highest BCUT2D eigenvalue weighted by Crippen LogP contribution is 2.29. The predicted molar refractivity (Wildman–Crippen MR) is 82.5 cm³/mol. The number of aromatic hydroxyl groups is 1. The molecule has 1 heterocycles. The van der Waals surface area contributed by atoms with Crippen molar-refractivity contribution in [3.05, 3.63) is 64.3 Å². The average Bonchev–Trinajstić information content (AvgIpc) is 2.50. The number of carboxylic acids is 1. The van der Waals surface area contributed by atoms with Gasteiger partial charge in [0, 0.05) is 5.56 Å². The van der Waals surface area contributed by atoms with Crippen LogP contribution in [0.4, 0.5) is 0 Å². The average molecular weight is 296 g/mol. The first kappa shape index (κ1) is 13.9. The van der Waals surface area contributed by atoms with E-state index < -0.39 is 5.97 Å². The van der Waals surface area contributed by atoms with Crippen LogP contribution in [-0.4, -0.2) is 16.2 Å². The molecular weight excluding hydrogens is 284 g/mol. The van der Waals surface area contributed by atoms with Crippen molar-refractivity contribution in [1.29, 1.82) is 0 Å². The maximum absolute atomic E-state index is 12.6. The molecule has 0 radical (unpaired) electrons. The third kappa shape index (κ3) is 2.03. The summed E-state index contributed by atoms with van der Waals surface area (Å²) in [7, 11) is 0. The van der Waals surface area contributed by atoms with Crippen molar-refractivity contribution in [2.45, 2.75) is 6.42 Å². The van der Waals surface area contributed by atoms with Crippen molar-refractivity contribution >= 4 is 27.9 Å². The summed E-state index contributed by atoms with van der Waals surface area (Å²) in [4.78, 5) is 23.6. The van der Waals surface area contributed by atoms with Crippen LogP contribution in [0, 0.1) is 0 Å². The molecule has 0 unspecified atom stereocenters. The van der Waals surface area contributed by atoms with Gasteiger partial charge in [-0.05, 0) is 36.8 Å². The van der Waals surface area contributed by atoms with E-state index in [1.165, 1.54) is 30.3 Å². The third-order valence-electron chi connectivity index (χ3n) is 3.51. The largest absolute Gasteiger partial charge is 0.508 e. The fourth-order valence-corrected chi connectivity index (χ4v) is 2.44. The van der Waals surface area contributed by atoms with Crippen molar-refractivity contribution < 1.29 is 19.4 Å². The van der Waals surface area contributed by atoms with Crippen LogP contribution in [0.15, 0.2) is 52.2 Å². The normalized spacial score (nSPS) is 10.9. The van der Waals surface area contributed by atoms with E-state index in [1.807, 2.05) is 0 Å². The van der Waals surface area contributed by atoms with Gasteiger partial charge in [0.05, 0.1) is 16.3 Å². The van der Waals surface area contributed by atoms with Gasteiger partial charge in [0.2, 0.25) is 5.43 Å². The van der Waals surface area contributed by atoms with Gasteiger partial charge in [-0.25, -0.2) is 4.79 Å². The van der Waals surface area contributed by atoms with Crippen molar-refractivity contribution in [3.8, 4) is 5.75 Å². The van der Waals surface area contributed by atoms with E-state index in [0.717, 1.165) is 0 Å². The Morgan fingerprint density at radius 3 is 2.68 bits per heavy atom. The molecule has 0 fully saturated rings. The first-order valence-corrected chi connectivity index (χ1v) is 6.58. The molecule has 1 aromatic heterocycles. The Hall–Kier alpha value is -3.08. The van der Waals surface area contributed by atoms with Crippen LogP contribution >= 0.6 is 0 Å². The molecule has 22 heavy (non-hydrogen) atoms. The van der Waals surface area contributed by atoms with Crippen LogP contribution < -0.4 is 5.43 Å². The Kier molecular flexibility index (Phi) is 3.18. The number of benzene rings is 2. The van der Waals surface area contributed by atoms with Crippen LogP contribution in [0.1, 0.15) is 15.9 Å². The van der Waals surface area contributed by atoms with Gasteiger partial charge in [-0.1, -0.05) is 6.08 Å². The van der Waals surface area contributed by atoms with Gasteiger partial charge in [0.25, 0.3) is 0 Å². The summed E-state index contributed by atoms with van der Waals surface area (Å²) in [5, 5.41) is 19.4. The molecule has 2 aromatic carbocycles. The molecule has 0 saturated carbocycles. The molecule has 0 bridgehead atoms. The first-order valence-electron chi connectivity index (χ1n) is 6.58. The van der Waals surface area contributed by atoms with Crippen LogP contribution in [0.3, 0.4) is 0 Å². The van der Waals surface area contributed by atoms with E-state index in [9.17, 15) is 14.7 Å². The van der Waals surface area contributed by atoms with E-state index in [0.29, 0.717) is 23.0 Å². The Bertz CT molecular complexity index is 982. The number of hydrogen-bond acceptors (Lipinski definition) is 4. The monoisotopic (exact) mass is 296 g/mol. The fourth-order valence-electron chi connectivity index (χ4n) is 2.44. The molecule has 0 spiro atoms. The molecule has 3 aromatic rings. The number of rotatable bonds is 3. The second kappa shape index (κ2) is 5.04. The number of aromatic carboxylic acids is 1. The Labute approximate surface area is 124 Å². The Morgan fingerprint density at radius 1 is 1.23 bits per heavy atom. The van der Waals surface area contributed by atoms with Crippen LogP contribution in [-0.2, 0) is 6.42 Å². The molecule has 0 amide bonds. The van der Waals surface area contributed by atoms with Crippen LogP contribution in [0.2, 0.25) is 0 Å². The Balaban J connectivity index is 2.46. The minimum absolute atomic E-state index is 0.0178. The van der Waals surface area contributed by atoms with E-state index >= 15 is 0 Å². The molecule has 0 aliphatic rings. The van der Waals surface area contributed by atoms with Crippen LogP contribution in [0.25, 0.3) is 21.9 Å². The predicted octanol–water partition coefficient (Wildman–Crippen LogP) is 3.08.